The van der Waals surface area contributed by atoms with Crippen molar-refractivity contribution < 1.29 is 5.11 Å². The quantitative estimate of drug-likeness (QED) is 0.573. The highest BCUT2D eigenvalue weighted by atomic mass is 16.3. The van der Waals surface area contributed by atoms with Crippen molar-refractivity contribution in [1.29, 1.82) is 0 Å². The lowest BCUT2D eigenvalue weighted by Gasteiger charge is -2.57. The molecule has 0 atom stereocenters. The molecule has 2 heterocycles. The van der Waals surface area contributed by atoms with Crippen molar-refractivity contribution in [2.24, 2.45) is 22.7 Å². The monoisotopic (exact) mass is 465 g/mol. The molecule has 5 aliphatic rings. The minimum absolute atomic E-state index is 0.0351. The van der Waals surface area contributed by atoms with Crippen LogP contribution in [-0.4, -0.2) is 20.9 Å². The van der Waals surface area contributed by atoms with E-state index in [2.05, 4.69) is 22.1 Å². The first kappa shape index (κ1) is 20.7. The maximum Gasteiger partial charge on any atom is 0.335 e. The van der Waals surface area contributed by atoms with Gasteiger partial charge in [-0.25, -0.2) is 9.36 Å². The van der Waals surface area contributed by atoms with E-state index in [-0.39, 0.29) is 16.9 Å². The summed E-state index contributed by atoms with van der Waals surface area (Å²) in [6, 6.07) is 15.7. The summed E-state index contributed by atoms with van der Waals surface area (Å²) in [5, 5.41) is 11.1. The number of rotatable bonds is 3. The molecule has 0 saturated heterocycles. The molecule has 6 nitrogen and oxygen atoms in total. The smallest absolute Gasteiger partial charge is 0.335 e. The standard InChI is InChI=1S/C29H27N3O3/c33-26-24(12-20-16-30-25-4-2-1-3-23(20)25)27(34)32(28(35)31-26)22-7-5-21(6-8-22)29-13-17-9-18(14-29)11-19(10-17)15-29/h1-8,12,16-19,34H,9-11,13-15H2,(H,31,33,35). The van der Waals surface area contributed by atoms with E-state index < -0.39 is 11.2 Å². The average Bonchev–Trinajstić information content (AvgIpc) is 3.24. The predicted octanol–water partition coefficient (Wildman–Crippen LogP) is 4.96. The van der Waals surface area contributed by atoms with Gasteiger partial charge >= 0.3 is 5.69 Å². The number of aliphatic imine (C=N–C) groups is 1. The van der Waals surface area contributed by atoms with Crippen molar-refractivity contribution in [3.05, 3.63) is 86.1 Å². The molecular formula is C29H27N3O3. The maximum absolute atomic E-state index is 12.8. The van der Waals surface area contributed by atoms with E-state index in [1.54, 1.807) is 12.3 Å². The number of aromatic amines is 1. The Morgan fingerprint density at radius 3 is 2.29 bits per heavy atom. The first-order valence-electron chi connectivity index (χ1n) is 12.5. The summed E-state index contributed by atoms with van der Waals surface area (Å²) in [6.07, 6.45) is 11.2. The van der Waals surface area contributed by atoms with Crippen LogP contribution in [0, 0.1) is 17.8 Å². The second-order valence-electron chi connectivity index (χ2n) is 11.0. The number of nitrogens with one attached hydrogen (secondary N) is 1. The third-order valence-corrected chi connectivity index (χ3v) is 8.75. The number of allylic oxidation sites excluding steroid dienone is 1. The molecule has 4 aliphatic carbocycles. The van der Waals surface area contributed by atoms with Crippen molar-refractivity contribution in [3.63, 3.8) is 0 Å². The summed E-state index contributed by atoms with van der Waals surface area (Å²) in [7, 11) is 0. The van der Waals surface area contributed by atoms with Crippen molar-refractivity contribution >= 4 is 23.6 Å². The molecule has 35 heavy (non-hydrogen) atoms. The molecule has 0 radical (unpaired) electrons. The molecule has 8 rings (SSSR count). The first-order valence-corrected chi connectivity index (χ1v) is 12.5. The molecule has 4 saturated carbocycles. The molecular weight excluding hydrogens is 438 g/mol. The van der Waals surface area contributed by atoms with Crippen LogP contribution in [0.2, 0.25) is 0 Å². The molecule has 2 aromatic carbocycles. The van der Waals surface area contributed by atoms with Crippen LogP contribution >= 0.6 is 0 Å². The number of hydrogen-bond donors (Lipinski definition) is 2. The molecule has 176 valence electrons. The van der Waals surface area contributed by atoms with Crippen molar-refractivity contribution in [2.75, 3.05) is 0 Å². The van der Waals surface area contributed by atoms with Crippen LogP contribution in [0.1, 0.15) is 55.2 Å². The van der Waals surface area contributed by atoms with E-state index in [0.29, 0.717) is 11.3 Å². The van der Waals surface area contributed by atoms with E-state index in [0.717, 1.165) is 29.0 Å². The zero-order valence-electron chi connectivity index (χ0n) is 19.4. The highest BCUT2D eigenvalue weighted by Crippen LogP contribution is 2.60. The summed E-state index contributed by atoms with van der Waals surface area (Å²) < 4.78 is 1.18. The van der Waals surface area contributed by atoms with Crippen LogP contribution in [0.25, 0.3) is 17.3 Å². The Morgan fingerprint density at radius 2 is 1.60 bits per heavy atom. The molecule has 0 unspecified atom stereocenters. The zero-order valence-corrected chi connectivity index (χ0v) is 19.4. The van der Waals surface area contributed by atoms with Crippen LogP contribution < -0.4 is 11.2 Å². The Kier molecular flexibility index (Phi) is 4.38. The fourth-order valence-corrected chi connectivity index (χ4v) is 7.65. The average molecular weight is 466 g/mol. The van der Waals surface area contributed by atoms with Gasteiger partial charge in [-0.05, 0) is 91.5 Å². The lowest BCUT2D eigenvalue weighted by Crippen LogP contribution is -2.48. The molecule has 3 aromatic rings. The van der Waals surface area contributed by atoms with Crippen LogP contribution in [0.5, 0.6) is 5.88 Å². The number of para-hydroxylation sites is 1. The Morgan fingerprint density at radius 1 is 0.943 bits per heavy atom. The van der Waals surface area contributed by atoms with Gasteiger partial charge in [0.1, 0.15) is 5.56 Å². The van der Waals surface area contributed by atoms with Gasteiger partial charge in [0.05, 0.1) is 11.4 Å². The number of H-pyrrole nitrogens is 1. The number of fused-ring (bicyclic) bond motifs is 1. The summed E-state index contributed by atoms with van der Waals surface area (Å²) in [5.41, 5.74) is 3.30. The Hall–Kier alpha value is -3.67. The number of aromatic nitrogens is 2. The minimum atomic E-state index is -0.655. The van der Waals surface area contributed by atoms with Gasteiger partial charge in [0.25, 0.3) is 5.56 Å². The van der Waals surface area contributed by atoms with Crippen LogP contribution in [0.4, 0.5) is 5.69 Å². The van der Waals surface area contributed by atoms with Gasteiger partial charge in [-0.1, -0.05) is 30.3 Å². The lowest BCUT2D eigenvalue weighted by molar-refractivity contribution is -0.00518. The second kappa shape index (κ2) is 7.41. The summed E-state index contributed by atoms with van der Waals surface area (Å²) in [5.74, 6) is 2.19. The van der Waals surface area contributed by atoms with Crippen molar-refractivity contribution in [2.45, 2.75) is 43.9 Å². The highest BCUT2D eigenvalue weighted by molar-refractivity contribution is 6.21. The molecule has 0 amide bonds. The van der Waals surface area contributed by atoms with Gasteiger partial charge in [-0.3, -0.25) is 14.8 Å². The van der Waals surface area contributed by atoms with E-state index in [1.165, 1.54) is 48.7 Å². The fraction of sp³-hybridized carbons (Fsp3) is 0.345. The fourth-order valence-electron chi connectivity index (χ4n) is 7.65. The van der Waals surface area contributed by atoms with E-state index >= 15 is 0 Å². The zero-order chi connectivity index (χ0) is 23.7. The van der Waals surface area contributed by atoms with E-state index in [1.807, 2.05) is 36.4 Å². The van der Waals surface area contributed by atoms with Gasteiger partial charge in [-0.15, -0.1) is 0 Å². The lowest BCUT2D eigenvalue weighted by atomic mass is 9.48. The largest absolute Gasteiger partial charge is 0.494 e. The number of nitrogens with zero attached hydrogens (tertiary/aromatic N) is 2. The van der Waals surface area contributed by atoms with Crippen LogP contribution in [-0.2, 0) is 5.41 Å². The van der Waals surface area contributed by atoms with Gasteiger partial charge in [-0.2, -0.15) is 0 Å². The topological polar surface area (TPSA) is 87.5 Å². The molecule has 0 spiro atoms. The van der Waals surface area contributed by atoms with Crippen LogP contribution in [0.15, 0.2) is 63.1 Å². The molecule has 6 heteroatoms. The highest BCUT2D eigenvalue weighted by Gasteiger charge is 2.51. The Labute approximate surface area is 202 Å². The third kappa shape index (κ3) is 3.19. The van der Waals surface area contributed by atoms with Gasteiger partial charge in [0.15, 0.2) is 0 Å². The van der Waals surface area contributed by atoms with E-state index in [9.17, 15) is 14.7 Å². The molecule has 2 N–H and O–H groups in total. The normalized spacial score (nSPS) is 29.1. The maximum atomic E-state index is 12.8. The SMILES string of the molecule is O=c1[nH]c(=O)n(-c2ccc(C34CC5CC(CC(C5)C3)C4)cc2)c(O)c1C=C1C=Nc2ccccc21. The Bertz CT molecular complexity index is 1490. The number of hydrogen-bond acceptors (Lipinski definition) is 4. The second-order valence-corrected chi connectivity index (χ2v) is 11.0. The molecule has 4 bridgehead atoms. The third-order valence-electron chi connectivity index (χ3n) is 8.75. The number of aromatic hydroxyl groups is 1. The van der Waals surface area contributed by atoms with Crippen molar-refractivity contribution in [1.82, 2.24) is 9.55 Å². The molecule has 1 aromatic heterocycles. The molecule has 1 aliphatic heterocycles. The number of benzene rings is 2. The van der Waals surface area contributed by atoms with E-state index in [4.69, 9.17) is 0 Å². The minimum Gasteiger partial charge on any atom is -0.494 e. The summed E-state index contributed by atoms with van der Waals surface area (Å²) in [6.45, 7) is 0. The van der Waals surface area contributed by atoms with Gasteiger partial charge in [0, 0.05) is 17.4 Å². The Balaban J connectivity index is 1.27. The van der Waals surface area contributed by atoms with Gasteiger partial charge < -0.3 is 5.11 Å². The summed E-state index contributed by atoms with van der Waals surface area (Å²) >= 11 is 0. The van der Waals surface area contributed by atoms with Crippen LogP contribution in [0.3, 0.4) is 0 Å². The summed E-state index contributed by atoms with van der Waals surface area (Å²) in [4.78, 5) is 32.1. The predicted molar refractivity (Wildman–Crippen MR) is 137 cm³/mol. The van der Waals surface area contributed by atoms with Gasteiger partial charge in [0.2, 0.25) is 5.88 Å². The molecule has 4 fully saturated rings. The first-order chi connectivity index (χ1) is 17.0. The van der Waals surface area contributed by atoms with Crippen molar-refractivity contribution in [3.8, 4) is 11.6 Å².